The number of fused-ring (bicyclic) bond motifs is 1. The van der Waals surface area contributed by atoms with Crippen molar-refractivity contribution in [2.75, 3.05) is 15.6 Å². The molecule has 24 heavy (non-hydrogen) atoms. The smallest absolute Gasteiger partial charge is 0.287 e. The Morgan fingerprint density at radius 2 is 1.42 bits per heavy atom. The molecular weight excluding hydrogens is 320 g/mol. The molecule has 2 aromatic rings. The molecule has 0 bridgehead atoms. The first-order chi connectivity index (χ1) is 11.6. The molecule has 2 aliphatic heterocycles. The van der Waals surface area contributed by atoms with Crippen LogP contribution >= 0.6 is 11.8 Å². The van der Waals surface area contributed by atoms with E-state index in [0.717, 1.165) is 22.5 Å². The number of para-hydroxylation sites is 2. The van der Waals surface area contributed by atoms with E-state index in [4.69, 9.17) is 0 Å². The number of thioether (sulfide) groups is 1. The Morgan fingerprint density at radius 1 is 0.875 bits per heavy atom. The van der Waals surface area contributed by atoms with E-state index in [2.05, 4.69) is 0 Å². The fourth-order valence-electron chi connectivity index (χ4n) is 3.57. The molecule has 4 rings (SSSR count). The van der Waals surface area contributed by atoms with Crippen molar-refractivity contribution in [3.63, 3.8) is 0 Å². The number of anilines is 2. The van der Waals surface area contributed by atoms with Crippen LogP contribution in [0.1, 0.15) is 11.1 Å². The lowest BCUT2D eigenvalue weighted by molar-refractivity contribution is -0.111. The number of hydrogen-bond acceptors (Lipinski definition) is 3. The first kappa shape index (κ1) is 15.3. The fraction of sp³-hybridized carbons (Fsp3) is 0.263. The molecule has 2 unspecified atom stereocenters. The maximum absolute atomic E-state index is 13.3. The molecule has 4 nitrogen and oxygen atoms in total. The van der Waals surface area contributed by atoms with Gasteiger partial charge in [-0.3, -0.25) is 14.6 Å². The molecule has 2 atom stereocenters. The minimum atomic E-state index is -0.414. The van der Waals surface area contributed by atoms with Crippen LogP contribution in [0.15, 0.2) is 48.5 Å². The van der Waals surface area contributed by atoms with E-state index in [-0.39, 0.29) is 17.2 Å². The summed E-state index contributed by atoms with van der Waals surface area (Å²) in [7, 11) is 0. The third-order valence-corrected chi connectivity index (χ3v) is 5.81. The molecule has 2 aliphatic rings. The summed E-state index contributed by atoms with van der Waals surface area (Å²) < 4.78 is 0. The largest absolute Gasteiger partial charge is 0.330 e. The monoisotopic (exact) mass is 338 g/mol. The minimum Gasteiger partial charge on any atom is -0.287 e. The van der Waals surface area contributed by atoms with E-state index in [0.29, 0.717) is 5.75 Å². The highest BCUT2D eigenvalue weighted by atomic mass is 32.2. The van der Waals surface area contributed by atoms with Crippen LogP contribution in [0.5, 0.6) is 0 Å². The Morgan fingerprint density at radius 3 is 2.00 bits per heavy atom. The average Bonchev–Trinajstić information content (AvgIpc) is 3.07. The molecule has 0 saturated carbocycles. The van der Waals surface area contributed by atoms with Crippen LogP contribution in [-0.4, -0.2) is 29.0 Å². The van der Waals surface area contributed by atoms with Gasteiger partial charge in [-0.2, -0.15) is 0 Å². The Labute approximate surface area is 145 Å². The van der Waals surface area contributed by atoms with E-state index in [1.165, 1.54) is 11.8 Å². The highest BCUT2D eigenvalue weighted by Gasteiger charge is 2.54. The quantitative estimate of drug-likeness (QED) is 0.783. The number of amides is 2. The van der Waals surface area contributed by atoms with Crippen molar-refractivity contribution < 1.29 is 9.59 Å². The summed E-state index contributed by atoms with van der Waals surface area (Å²) in [4.78, 5) is 29.3. The average molecular weight is 338 g/mol. The zero-order chi connectivity index (χ0) is 16.8. The molecule has 0 N–H and O–H groups in total. The van der Waals surface area contributed by atoms with Crippen LogP contribution in [0.4, 0.5) is 16.2 Å². The van der Waals surface area contributed by atoms with E-state index in [1.807, 2.05) is 67.3 Å². The number of carbonyl (C=O) groups excluding carboxylic acids is 2. The van der Waals surface area contributed by atoms with Crippen LogP contribution in [0, 0.1) is 13.8 Å². The van der Waals surface area contributed by atoms with Gasteiger partial charge in [0.25, 0.3) is 0 Å². The van der Waals surface area contributed by atoms with Crippen LogP contribution in [0.3, 0.4) is 0 Å². The summed E-state index contributed by atoms with van der Waals surface area (Å²) in [5.74, 6) is 0.645. The van der Waals surface area contributed by atoms with Crippen LogP contribution in [-0.2, 0) is 4.79 Å². The molecule has 2 aromatic carbocycles. The van der Waals surface area contributed by atoms with Crippen molar-refractivity contribution >= 4 is 34.3 Å². The number of hydrogen-bond donors (Lipinski definition) is 0. The van der Waals surface area contributed by atoms with Gasteiger partial charge in [-0.25, -0.2) is 4.79 Å². The van der Waals surface area contributed by atoms with Gasteiger partial charge < -0.3 is 0 Å². The highest BCUT2D eigenvalue weighted by molar-refractivity contribution is 8.14. The van der Waals surface area contributed by atoms with E-state index in [9.17, 15) is 9.59 Å². The molecule has 2 fully saturated rings. The third-order valence-electron chi connectivity index (χ3n) is 4.77. The Bertz CT molecular complexity index is 836. The number of aryl methyl sites for hydroxylation is 2. The van der Waals surface area contributed by atoms with Crippen LogP contribution < -0.4 is 9.80 Å². The molecule has 2 saturated heterocycles. The van der Waals surface area contributed by atoms with E-state index in [1.54, 1.807) is 4.90 Å². The Kier molecular flexibility index (Phi) is 3.61. The number of benzene rings is 2. The van der Waals surface area contributed by atoms with Crippen molar-refractivity contribution in [3.05, 3.63) is 59.7 Å². The zero-order valence-electron chi connectivity index (χ0n) is 13.6. The molecule has 0 aliphatic carbocycles. The van der Waals surface area contributed by atoms with Gasteiger partial charge in [-0.15, -0.1) is 0 Å². The summed E-state index contributed by atoms with van der Waals surface area (Å²) in [6.45, 7) is 3.97. The molecule has 122 valence electrons. The second-order valence-electron chi connectivity index (χ2n) is 6.24. The number of urea groups is 1. The van der Waals surface area contributed by atoms with Crippen molar-refractivity contribution in [2.24, 2.45) is 0 Å². The molecule has 0 radical (unpaired) electrons. The van der Waals surface area contributed by atoms with E-state index < -0.39 is 6.04 Å². The van der Waals surface area contributed by atoms with Crippen molar-refractivity contribution in [1.29, 1.82) is 0 Å². The molecule has 2 heterocycles. The molecular formula is C19H18N2O2S. The maximum Gasteiger partial charge on any atom is 0.330 e. The summed E-state index contributed by atoms with van der Waals surface area (Å²) in [6, 6.07) is 15.0. The van der Waals surface area contributed by atoms with Gasteiger partial charge in [-0.1, -0.05) is 48.2 Å². The molecule has 5 heteroatoms. The van der Waals surface area contributed by atoms with Gasteiger partial charge in [0.05, 0.1) is 6.04 Å². The molecule has 0 spiro atoms. The van der Waals surface area contributed by atoms with Crippen LogP contribution in [0.25, 0.3) is 0 Å². The lowest BCUT2D eigenvalue weighted by Gasteiger charge is -2.24. The lowest BCUT2D eigenvalue weighted by atomic mass is 10.1. The van der Waals surface area contributed by atoms with Gasteiger partial charge in [0, 0.05) is 17.1 Å². The van der Waals surface area contributed by atoms with Crippen molar-refractivity contribution in [1.82, 2.24) is 0 Å². The second-order valence-corrected chi connectivity index (χ2v) is 7.26. The Balaban J connectivity index is 1.85. The normalized spacial score (nSPS) is 23.1. The van der Waals surface area contributed by atoms with Crippen LogP contribution in [0.2, 0.25) is 0 Å². The summed E-state index contributed by atoms with van der Waals surface area (Å²) in [5.41, 5.74) is 3.76. The van der Waals surface area contributed by atoms with Gasteiger partial charge in [0.2, 0.25) is 5.12 Å². The molecule has 2 amide bonds. The first-order valence-electron chi connectivity index (χ1n) is 8.00. The van der Waals surface area contributed by atoms with Gasteiger partial charge >= 0.3 is 6.03 Å². The predicted octanol–water partition coefficient (Wildman–Crippen LogP) is 3.76. The van der Waals surface area contributed by atoms with E-state index >= 15 is 0 Å². The minimum absolute atomic E-state index is 0.0766. The number of nitrogens with zero attached hydrogens (tertiary/aromatic N) is 2. The van der Waals surface area contributed by atoms with Crippen molar-refractivity contribution in [3.8, 4) is 0 Å². The zero-order valence-corrected chi connectivity index (χ0v) is 14.4. The fourth-order valence-corrected chi connectivity index (χ4v) is 4.67. The maximum atomic E-state index is 13.3. The summed E-state index contributed by atoms with van der Waals surface area (Å²) in [6.07, 6.45) is 0. The topological polar surface area (TPSA) is 40.6 Å². The Hall–Kier alpha value is -2.27. The number of carbonyl (C=O) groups is 2. The summed E-state index contributed by atoms with van der Waals surface area (Å²) in [5, 5.41) is 0.0766. The highest BCUT2D eigenvalue weighted by Crippen LogP contribution is 2.42. The molecule has 0 aromatic heterocycles. The standard InChI is InChI=1S/C19H18N2O2S/c1-12-7-3-5-9-14(12)20-16-11-24-18(22)17(16)21(19(20)23)15-10-6-4-8-13(15)2/h3-10,16-17H,11H2,1-2H3. The predicted molar refractivity (Wildman–Crippen MR) is 97.8 cm³/mol. The SMILES string of the molecule is Cc1ccccc1N1C(=O)N(c2ccccc2C)C2C(=O)SCC21. The lowest BCUT2D eigenvalue weighted by Crippen LogP contribution is -2.39. The summed E-state index contributed by atoms with van der Waals surface area (Å²) >= 11 is 1.33. The first-order valence-corrected chi connectivity index (χ1v) is 8.98. The second kappa shape index (κ2) is 5.67. The van der Waals surface area contributed by atoms with Gasteiger partial charge in [0.1, 0.15) is 6.04 Å². The van der Waals surface area contributed by atoms with Gasteiger partial charge in [0.15, 0.2) is 0 Å². The third kappa shape index (κ3) is 2.15. The number of rotatable bonds is 2. The van der Waals surface area contributed by atoms with Gasteiger partial charge in [-0.05, 0) is 37.1 Å². The van der Waals surface area contributed by atoms with Crippen molar-refractivity contribution in [2.45, 2.75) is 25.9 Å².